The number of alkyl halides is 3. The summed E-state index contributed by atoms with van der Waals surface area (Å²) in [5.74, 6) is -1.38. The van der Waals surface area contributed by atoms with Crippen molar-refractivity contribution in [3.05, 3.63) is 33.0 Å². The molecule has 1 rings (SSSR count). The Hall–Kier alpha value is -0.290. The average molecular weight is 277 g/mol. The number of halogens is 6. The van der Waals surface area contributed by atoms with E-state index in [1.807, 2.05) is 0 Å². The standard InChI is InChI=1S/C7H2BrClF4/c8-3-1-4(9)6(5(10)2-3)7(11,12)13/h1-2H. The Morgan fingerprint density at radius 3 is 2.15 bits per heavy atom. The molecule has 0 bridgehead atoms. The van der Waals surface area contributed by atoms with Crippen LogP contribution in [0.3, 0.4) is 0 Å². The van der Waals surface area contributed by atoms with E-state index in [-0.39, 0.29) is 4.47 Å². The number of hydrogen-bond acceptors (Lipinski definition) is 0. The van der Waals surface area contributed by atoms with Gasteiger partial charge < -0.3 is 0 Å². The number of rotatable bonds is 0. The third-order valence-corrected chi connectivity index (χ3v) is 2.05. The van der Waals surface area contributed by atoms with Crippen molar-refractivity contribution in [3.8, 4) is 0 Å². The fourth-order valence-corrected chi connectivity index (χ4v) is 1.69. The lowest BCUT2D eigenvalue weighted by atomic mass is 10.2. The van der Waals surface area contributed by atoms with Gasteiger partial charge in [-0.15, -0.1) is 0 Å². The first-order valence-corrected chi connectivity index (χ1v) is 4.21. The lowest BCUT2D eigenvalue weighted by Gasteiger charge is -2.09. The summed E-state index contributed by atoms with van der Waals surface area (Å²) in [7, 11) is 0. The minimum Gasteiger partial charge on any atom is -0.206 e. The van der Waals surface area contributed by atoms with Gasteiger partial charge >= 0.3 is 6.18 Å². The van der Waals surface area contributed by atoms with E-state index >= 15 is 0 Å². The van der Waals surface area contributed by atoms with Crippen molar-refractivity contribution in [2.45, 2.75) is 6.18 Å². The minimum absolute atomic E-state index is 0.169. The summed E-state index contributed by atoms with van der Waals surface area (Å²) in [4.78, 5) is 0. The molecule has 13 heavy (non-hydrogen) atoms. The van der Waals surface area contributed by atoms with Gasteiger partial charge in [0, 0.05) is 4.47 Å². The highest BCUT2D eigenvalue weighted by Gasteiger charge is 2.36. The Morgan fingerprint density at radius 1 is 1.23 bits per heavy atom. The molecule has 0 aliphatic heterocycles. The predicted octanol–water partition coefficient (Wildman–Crippen LogP) is 4.26. The van der Waals surface area contributed by atoms with Crippen LogP contribution in [0.2, 0.25) is 5.02 Å². The first-order chi connectivity index (χ1) is 5.82. The molecule has 0 heterocycles. The van der Waals surface area contributed by atoms with Crippen LogP contribution in [0.25, 0.3) is 0 Å². The maximum Gasteiger partial charge on any atom is 0.420 e. The Labute approximate surface area is 84.6 Å². The van der Waals surface area contributed by atoms with Gasteiger partial charge in [-0.1, -0.05) is 27.5 Å². The largest absolute Gasteiger partial charge is 0.420 e. The third-order valence-electron chi connectivity index (χ3n) is 1.29. The molecule has 0 amide bonds. The monoisotopic (exact) mass is 276 g/mol. The van der Waals surface area contributed by atoms with E-state index in [9.17, 15) is 17.6 Å². The van der Waals surface area contributed by atoms with E-state index in [4.69, 9.17) is 11.6 Å². The second-order valence-electron chi connectivity index (χ2n) is 2.24. The minimum atomic E-state index is -4.76. The highest BCUT2D eigenvalue weighted by molar-refractivity contribution is 9.10. The highest BCUT2D eigenvalue weighted by atomic mass is 79.9. The molecule has 0 aromatic heterocycles. The first kappa shape index (κ1) is 10.8. The second-order valence-corrected chi connectivity index (χ2v) is 3.57. The molecular weight excluding hydrogens is 275 g/mol. The van der Waals surface area contributed by atoms with Gasteiger partial charge in [0.2, 0.25) is 0 Å². The van der Waals surface area contributed by atoms with Crippen LogP contribution < -0.4 is 0 Å². The van der Waals surface area contributed by atoms with E-state index in [1.165, 1.54) is 0 Å². The Kier molecular flexibility index (Phi) is 2.87. The van der Waals surface area contributed by atoms with Crippen molar-refractivity contribution in [1.29, 1.82) is 0 Å². The van der Waals surface area contributed by atoms with Crippen LogP contribution in [-0.4, -0.2) is 0 Å². The van der Waals surface area contributed by atoms with E-state index in [2.05, 4.69) is 15.9 Å². The van der Waals surface area contributed by atoms with Crippen molar-refractivity contribution in [2.24, 2.45) is 0 Å². The summed E-state index contributed by atoms with van der Waals surface area (Å²) in [6.07, 6.45) is -4.76. The fourth-order valence-electron chi connectivity index (χ4n) is 0.813. The molecule has 0 radical (unpaired) electrons. The van der Waals surface area contributed by atoms with Gasteiger partial charge in [-0.3, -0.25) is 0 Å². The van der Waals surface area contributed by atoms with Gasteiger partial charge in [0.15, 0.2) is 0 Å². The Bertz CT molecular complexity index is 311. The van der Waals surface area contributed by atoms with E-state index in [0.29, 0.717) is 6.07 Å². The van der Waals surface area contributed by atoms with Crippen molar-refractivity contribution >= 4 is 27.5 Å². The number of hydrogen-bond donors (Lipinski definition) is 0. The van der Waals surface area contributed by atoms with Gasteiger partial charge in [0.05, 0.1) is 5.02 Å². The van der Waals surface area contributed by atoms with Crippen LogP contribution >= 0.6 is 27.5 Å². The van der Waals surface area contributed by atoms with Gasteiger partial charge in [-0.2, -0.15) is 13.2 Å². The molecule has 0 fully saturated rings. The maximum atomic E-state index is 12.8. The van der Waals surface area contributed by atoms with E-state index in [0.717, 1.165) is 6.07 Å². The Balaban J connectivity index is 3.38. The summed E-state index contributed by atoms with van der Waals surface area (Å²) >= 11 is 8.05. The first-order valence-electron chi connectivity index (χ1n) is 3.04. The molecule has 0 saturated carbocycles. The summed E-state index contributed by atoms with van der Waals surface area (Å²) in [5, 5.41) is -0.653. The third kappa shape index (κ3) is 2.34. The van der Waals surface area contributed by atoms with E-state index in [1.54, 1.807) is 0 Å². The molecule has 0 unspecified atom stereocenters. The molecule has 0 saturated heterocycles. The molecule has 0 N–H and O–H groups in total. The van der Waals surface area contributed by atoms with Crippen molar-refractivity contribution in [3.63, 3.8) is 0 Å². The zero-order chi connectivity index (χ0) is 10.2. The SMILES string of the molecule is Fc1cc(Br)cc(Cl)c1C(F)(F)F. The van der Waals surface area contributed by atoms with Crippen molar-refractivity contribution in [1.82, 2.24) is 0 Å². The highest BCUT2D eigenvalue weighted by Crippen LogP contribution is 2.37. The average Bonchev–Trinajstić information content (AvgIpc) is 1.78. The van der Waals surface area contributed by atoms with Crippen LogP contribution in [0.1, 0.15) is 5.56 Å². The quantitative estimate of drug-likeness (QED) is 0.622. The maximum absolute atomic E-state index is 12.8. The van der Waals surface area contributed by atoms with Crippen LogP contribution in [0.15, 0.2) is 16.6 Å². The topological polar surface area (TPSA) is 0 Å². The molecule has 0 nitrogen and oxygen atoms in total. The van der Waals surface area contributed by atoms with Crippen LogP contribution in [0.4, 0.5) is 17.6 Å². The molecule has 72 valence electrons. The Morgan fingerprint density at radius 2 is 1.77 bits per heavy atom. The summed E-state index contributed by atoms with van der Waals surface area (Å²) in [5.41, 5.74) is -1.43. The summed E-state index contributed by atoms with van der Waals surface area (Å²) < 4.78 is 49.2. The van der Waals surface area contributed by atoms with Crippen LogP contribution in [0.5, 0.6) is 0 Å². The lowest BCUT2D eigenvalue weighted by molar-refractivity contribution is -0.139. The second kappa shape index (κ2) is 3.46. The summed E-state index contributed by atoms with van der Waals surface area (Å²) in [6.45, 7) is 0. The van der Waals surface area contributed by atoms with Gasteiger partial charge in [0.1, 0.15) is 11.4 Å². The fraction of sp³-hybridized carbons (Fsp3) is 0.143. The van der Waals surface area contributed by atoms with Crippen molar-refractivity contribution in [2.75, 3.05) is 0 Å². The molecule has 1 aromatic rings. The molecular formula is C7H2BrClF4. The molecule has 6 heteroatoms. The van der Waals surface area contributed by atoms with Gasteiger partial charge in [0.25, 0.3) is 0 Å². The predicted molar refractivity (Wildman–Crippen MR) is 44.1 cm³/mol. The smallest absolute Gasteiger partial charge is 0.206 e. The van der Waals surface area contributed by atoms with Crippen LogP contribution in [-0.2, 0) is 6.18 Å². The zero-order valence-electron chi connectivity index (χ0n) is 5.92. The van der Waals surface area contributed by atoms with E-state index < -0.39 is 22.6 Å². The van der Waals surface area contributed by atoms with Gasteiger partial charge in [-0.25, -0.2) is 4.39 Å². The lowest BCUT2D eigenvalue weighted by Crippen LogP contribution is -2.08. The zero-order valence-corrected chi connectivity index (χ0v) is 8.26. The number of benzene rings is 1. The van der Waals surface area contributed by atoms with Gasteiger partial charge in [-0.05, 0) is 12.1 Å². The molecule has 0 atom stereocenters. The molecule has 0 aliphatic rings. The molecule has 1 aromatic carbocycles. The normalized spacial score (nSPS) is 11.8. The molecule has 0 aliphatic carbocycles. The summed E-state index contributed by atoms with van der Waals surface area (Å²) in [6, 6.07) is 1.71. The van der Waals surface area contributed by atoms with Crippen molar-refractivity contribution < 1.29 is 17.6 Å². The molecule has 0 spiro atoms. The van der Waals surface area contributed by atoms with Crippen LogP contribution in [0, 0.1) is 5.82 Å².